The molecule has 0 unspecified atom stereocenters. The Hall–Kier alpha value is -3.10. The first-order valence-corrected chi connectivity index (χ1v) is 11.6. The number of azo groups is 1. The molecule has 0 spiro atoms. The average Bonchev–Trinajstić information content (AvgIpc) is 3.05. The van der Waals surface area contributed by atoms with E-state index in [-0.39, 0.29) is 29.0 Å². The number of rotatable bonds is 5. The molecule has 0 bridgehead atoms. The Balaban J connectivity index is 1.70. The molecule has 0 aliphatic rings. The molecule has 8 heteroatoms. The van der Waals surface area contributed by atoms with Gasteiger partial charge in [0.25, 0.3) is 0 Å². The summed E-state index contributed by atoms with van der Waals surface area (Å²) in [5.41, 5.74) is 4.53. The summed E-state index contributed by atoms with van der Waals surface area (Å²) in [4.78, 5) is 0. The Morgan fingerprint density at radius 2 is 1.88 bits per heavy atom. The lowest BCUT2D eigenvalue weighted by Gasteiger charge is -2.12. The molecule has 2 N–H and O–H groups in total. The first-order chi connectivity index (χ1) is 15.9. The third kappa shape index (κ3) is 4.82. The van der Waals surface area contributed by atoms with Gasteiger partial charge in [-0.05, 0) is 61.0 Å². The van der Waals surface area contributed by atoms with E-state index in [0.29, 0.717) is 16.5 Å². The molecule has 33 heavy (non-hydrogen) atoms. The topological polar surface area (TPSA) is 61.9 Å². The molecule has 0 fully saturated rings. The van der Waals surface area contributed by atoms with Crippen molar-refractivity contribution in [2.75, 3.05) is 5.32 Å². The first kappa shape index (κ1) is 23.1. The van der Waals surface area contributed by atoms with Crippen LogP contribution >= 0.6 is 28.1 Å². The van der Waals surface area contributed by atoms with Gasteiger partial charge in [-0.15, -0.1) is 10.2 Å². The molecule has 4 aromatic rings. The third-order valence-corrected chi connectivity index (χ3v) is 6.15. The molecule has 1 aromatic heterocycles. The van der Waals surface area contributed by atoms with Crippen molar-refractivity contribution in [1.82, 2.24) is 4.57 Å². The highest BCUT2D eigenvalue weighted by Gasteiger charge is 2.18. The average molecular weight is 525 g/mol. The predicted octanol–water partition coefficient (Wildman–Crippen LogP) is 7.65. The number of aromatic hydroxyl groups is 1. The van der Waals surface area contributed by atoms with Crippen molar-refractivity contribution in [2.45, 2.75) is 26.8 Å². The molecule has 0 saturated carbocycles. The standard InChI is InChI=1S/C25H22BrFN4OS/c1-3-16-9-6-7-15(2)22(16)28-25(33)30-29-23-19-13-18(26)11-12-21(19)31(24(23)32)14-17-8-4-5-10-20(17)27/h4-13,32H,3,14H2,1-2H3,(H,28,33). The zero-order chi connectivity index (χ0) is 23.5. The third-order valence-electron chi connectivity index (χ3n) is 5.47. The molecule has 5 nitrogen and oxygen atoms in total. The Morgan fingerprint density at radius 3 is 2.64 bits per heavy atom. The van der Waals surface area contributed by atoms with Crippen LogP contribution in [0.5, 0.6) is 5.88 Å². The van der Waals surface area contributed by atoms with Crippen LogP contribution in [-0.4, -0.2) is 14.8 Å². The number of nitrogens with zero attached hydrogens (tertiary/aromatic N) is 3. The lowest BCUT2D eigenvalue weighted by molar-refractivity contribution is 0.428. The summed E-state index contributed by atoms with van der Waals surface area (Å²) in [5.74, 6) is -0.447. The van der Waals surface area contributed by atoms with E-state index in [1.54, 1.807) is 22.8 Å². The van der Waals surface area contributed by atoms with Gasteiger partial charge in [-0.1, -0.05) is 59.3 Å². The Kier molecular flexibility index (Phi) is 6.85. The number of halogens is 2. The van der Waals surface area contributed by atoms with E-state index >= 15 is 0 Å². The van der Waals surface area contributed by atoms with Gasteiger partial charge in [0.1, 0.15) is 5.82 Å². The quantitative estimate of drug-likeness (QED) is 0.208. The van der Waals surface area contributed by atoms with Crippen molar-refractivity contribution in [3.05, 3.63) is 87.6 Å². The van der Waals surface area contributed by atoms with Crippen LogP contribution < -0.4 is 5.32 Å². The smallest absolute Gasteiger partial charge is 0.221 e. The molecular formula is C25H22BrFN4OS. The van der Waals surface area contributed by atoms with Gasteiger partial charge in [0.2, 0.25) is 11.0 Å². The van der Waals surface area contributed by atoms with Crippen LogP contribution in [0.25, 0.3) is 10.9 Å². The maximum atomic E-state index is 14.3. The monoisotopic (exact) mass is 524 g/mol. The highest BCUT2D eigenvalue weighted by molar-refractivity contribution is 9.10. The SMILES string of the molecule is CCc1cccc(C)c1NC(=S)N=Nc1c(O)n(Cc2ccccc2F)c2ccc(Br)cc12. The highest BCUT2D eigenvalue weighted by Crippen LogP contribution is 2.40. The van der Waals surface area contributed by atoms with Gasteiger partial charge in [0.05, 0.1) is 12.1 Å². The first-order valence-electron chi connectivity index (χ1n) is 10.4. The molecule has 0 aliphatic heterocycles. The van der Waals surface area contributed by atoms with E-state index in [4.69, 9.17) is 12.2 Å². The van der Waals surface area contributed by atoms with Crippen molar-refractivity contribution in [1.29, 1.82) is 0 Å². The van der Waals surface area contributed by atoms with Gasteiger partial charge in [0.15, 0.2) is 5.69 Å². The Bertz CT molecular complexity index is 1380. The molecule has 3 aromatic carbocycles. The summed E-state index contributed by atoms with van der Waals surface area (Å²) >= 11 is 8.87. The van der Waals surface area contributed by atoms with Crippen LogP contribution in [0, 0.1) is 12.7 Å². The number of anilines is 1. The van der Waals surface area contributed by atoms with E-state index < -0.39 is 0 Å². The summed E-state index contributed by atoms with van der Waals surface area (Å²) in [5, 5.41) is 23.5. The summed E-state index contributed by atoms with van der Waals surface area (Å²) in [6.45, 7) is 4.23. The van der Waals surface area contributed by atoms with Crippen LogP contribution in [0.3, 0.4) is 0 Å². The van der Waals surface area contributed by atoms with Crippen molar-refractivity contribution in [2.24, 2.45) is 10.2 Å². The van der Waals surface area contributed by atoms with Crippen LogP contribution in [-0.2, 0) is 13.0 Å². The maximum absolute atomic E-state index is 14.3. The number of thiocarbonyl (C=S) groups is 1. The van der Waals surface area contributed by atoms with Gasteiger partial charge in [-0.25, -0.2) is 4.39 Å². The van der Waals surface area contributed by atoms with Crippen molar-refractivity contribution in [3.63, 3.8) is 0 Å². The van der Waals surface area contributed by atoms with Crippen molar-refractivity contribution < 1.29 is 9.50 Å². The second-order valence-corrected chi connectivity index (χ2v) is 8.91. The number of aromatic nitrogens is 1. The van der Waals surface area contributed by atoms with Crippen molar-refractivity contribution >= 4 is 55.5 Å². The summed E-state index contributed by atoms with van der Waals surface area (Å²) < 4.78 is 16.7. The van der Waals surface area contributed by atoms with E-state index in [1.807, 2.05) is 43.3 Å². The van der Waals surface area contributed by atoms with E-state index in [0.717, 1.165) is 27.7 Å². The van der Waals surface area contributed by atoms with Gasteiger partial charge < -0.3 is 15.0 Å². The number of hydrogen-bond donors (Lipinski definition) is 2. The fraction of sp³-hybridized carbons (Fsp3) is 0.160. The number of fused-ring (bicyclic) bond motifs is 1. The van der Waals surface area contributed by atoms with E-state index in [9.17, 15) is 9.50 Å². The highest BCUT2D eigenvalue weighted by atomic mass is 79.9. The molecule has 4 rings (SSSR count). The summed E-state index contributed by atoms with van der Waals surface area (Å²) in [6.07, 6.45) is 0.849. The van der Waals surface area contributed by atoms with Crippen molar-refractivity contribution in [3.8, 4) is 5.88 Å². The van der Waals surface area contributed by atoms with E-state index in [2.05, 4.69) is 38.4 Å². The second-order valence-electron chi connectivity index (χ2n) is 7.60. The predicted molar refractivity (Wildman–Crippen MR) is 138 cm³/mol. The second kappa shape index (κ2) is 9.80. The summed E-state index contributed by atoms with van der Waals surface area (Å²) in [6, 6.07) is 18.1. The van der Waals surface area contributed by atoms with E-state index in [1.165, 1.54) is 6.07 Å². The molecule has 0 radical (unpaired) electrons. The number of hydrogen-bond acceptors (Lipinski definition) is 3. The molecule has 168 valence electrons. The van der Waals surface area contributed by atoms with Crippen LogP contribution in [0.1, 0.15) is 23.6 Å². The fourth-order valence-electron chi connectivity index (χ4n) is 3.78. The molecule has 1 heterocycles. The number of aryl methyl sites for hydroxylation is 2. The van der Waals surface area contributed by atoms with Crippen LogP contribution in [0.4, 0.5) is 15.8 Å². The Labute approximate surface area is 205 Å². The summed E-state index contributed by atoms with van der Waals surface area (Å²) in [7, 11) is 0. The maximum Gasteiger partial charge on any atom is 0.221 e. The molecule has 0 aliphatic carbocycles. The lowest BCUT2D eigenvalue weighted by Crippen LogP contribution is -2.08. The van der Waals surface area contributed by atoms with Gasteiger partial charge >= 0.3 is 0 Å². The van der Waals surface area contributed by atoms with Gasteiger partial charge in [-0.2, -0.15) is 0 Å². The molecule has 0 saturated heterocycles. The largest absolute Gasteiger partial charge is 0.493 e. The number of para-hydroxylation sites is 1. The minimum Gasteiger partial charge on any atom is -0.493 e. The number of benzene rings is 3. The molecule has 0 amide bonds. The minimum absolute atomic E-state index is 0.108. The lowest BCUT2D eigenvalue weighted by atomic mass is 10.1. The van der Waals surface area contributed by atoms with Gasteiger partial charge in [-0.3, -0.25) is 0 Å². The van der Waals surface area contributed by atoms with Crippen LogP contribution in [0.2, 0.25) is 0 Å². The normalized spacial score (nSPS) is 11.4. The van der Waals surface area contributed by atoms with Crippen LogP contribution in [0.15, 0.2) is 75.4 Å². The molecule has 0 atom stereocenters. The zero-order valence-electron chi connectivity index (χ0n) is 18.1. The Morgan fingerprint density at radius 1 is 1.12 bits per heavy atom. The number of nitrogens with one attached hydrogen (secondary N) is 1. The zero-order valence-corrected chi connectivity index (χ0v) is 20.5. The van der Waals surface area contributed by atoms with Gasteiger partial charge in [0, 0.05) is 21.1 Å². The molecular weight excluding hydrogens is 503 g/mol. The minimum atomic E-state index is -0.339. The fourth-order valence-corrected chi connectivity index (χ4v) is 4.28.